The van der Waals surface area contributed by atoms with Crippen LogP contribution in [0.1, 0.15) is 72.4 Å². The summed E-state index contributed by atoms with van der Waals surface area (Å²) in [7, 11) is 1.61. The Morgan fingerprint density at radius 3 is 2.61 bits per heavy atom. The lowest BCUT2D eigenvalue weighted by molar-refractivity contribution is 0.0238. The van der Waals surface area contributed by atoms with Crippen molar-refractivity contribution < 1.29 is 28.6 Å². The van der Waals surface area contributed by atoms with E-state index in [-0.39, 0.29) is 18.7 Å². The number of nitrogens with one attached hydrogen (secondary N) is 1. The molecule has 1 aliphatic heterocycles. The molecule has 0 saturated carbocycles. The van der Waals surface area contributed by atoms with Gasteiger partial charge in [-0.3, -0.25) is 14.9 Å². The summed E-state index contributed by atoms with van der Waals surface area (Å²) in [5.41, 5.74) is 3.56. The summed E-state index contributed by atoms with van der Waals surface area (Å²) in [6.45, 7) is 6.72. The molecule has 6 aromatic rings. The van der Waals surface area contributed by atoms with E-state index in [4.69, 9.17) is 30.8 Å². The molecule has 288 valence electrons. The lowest BCUT2D eigenvalue weighted by atomic mass is 10.0. The van der Waals surface area contributed by atoms with Crippen LogP contribution in [0.2, 0.25) is 5.02 Å². The predicted octanol–water partition coefficient (Wildman–Crippen LogP) is 8.55. The number of benzene rings is 3. The van der Waals surface area contributed by atoms with Gasteiger partial charge in [0.25, 0.3) is 5.91 Å². The number of carbonyl (C=O) groups excluding carboxylic acids is 3. The Balaban J connectivity index is 1.12. The molecular formula is C42H42ClN7O6. The van der Waals surface area contributed by atoms with E-state index in [1.807, 2.05) is 73.9 Å². The molecule has 1 N–H and O–H groups in total. The largest absolute Gasteiger partial charge is 0.497 e. The summed E-state index contributed by atoms with van der Waals surface area (Å²) in [5, 5.41) is 8.00. The molecule has 1 atom stereocenters. The van der Waals surface area contributed by atoms with Crippen LogP contribution in [-0.4, -0.2) is 73.3 Å². The highest BCUT2D eigenvalue weighted by molar-refractivity contribution is 6.35. The van der Waals surface area contributed by atoms with Crippen LogP contribution in [0.15, 0.2) is 91.4 Å². The molecule has 56 heavy (non-hydrogen) atoms. The highest BCUT2D eigenvalue weighted by Gasteiger charge is 2.30. The van der Waals surface area contributed by atoms with Gasteiger partial charge in [-0.1, -0.05) is 41.9 Å². The summed E-state index contributed by atoms with van der Waals surface area (Å²) < 4.78 is 20.5. The molecule has 1 saturated heterocycles. The number of imidazole rings is 1. The smallest absolute Gasteiger partial charge is 0.410 e. The SMILES string of the molecule is COc1ccc(COc2cccc(-c3cnn(-c4cc(C(=O)Nc5nc6cccc(Cl)c6n5[C@@H]5CCCCN(C(=O)OC(C)(C)C)C5)ccn4)c3)c2C=O)cc1. The monoisotopic (exact) mass is 775 g/mol. The number of carbonyl (C=O) groups is 3. The van der Waals surface area contributed by atoms with Gasteiger partial charge in [0.15, 0.2) is 12.1 Å². The van der Waals surface area contributed by atoms with Crippen molar-refractivity contribution in [1.29, 1.82) is 0 Å². The number of aromatic nitrogens is 5. The Morgan fingerprint density at radius 2 is 1.84 bits per heavy atom. The minimum Gasteiger partial charge on any atom is -0.497 e. The van der Waals surface area contributed by atoms with Gasteiger partial charge in [0.2, 0.25) is 5.95 Å². The van der Waals surface area contributed by atoms with E-state index in [2.05, 4.69) is 15.4 Å². The average Bonchev–Trinajstić information content (AvgIpc) is 3.75. The fourth-order valence-corrected chi connectivity index (χ4v) is 7.01. The van der Waals surface area contributed by atoms with E-state index >= 15 is 0 Å². The van der Waals surface area contributed by atoms with Gasteiger partial charge in [-0.2, -0.15) is 5.10 Å². The maximum Gasteiger partial charge on any atom is 0.410 e. The molecule has 2 amide bonds. The molecule has 3 aromatic heterocycles. The number of ether oxygens (including phenoxy) is 3. The lowest BCUT2D eigenvalue weighted by Gasteiger charge is -2.29. The molecule has 7 rings (SSSR count). The van der Waals surface area contributed by atoms with Gasteiger partial charge in [-0.15, -0.1) is 0 Å². The van der Waals surface area contributed by atoms with E-state index in [1.54, 1.807) is 48.7 Å². The highest BCUT2D eigenvalue weighted by atomic mass is 35.5. The Morgan fingerprint density at radius 1 is 1.04 bits per heavy atom. The normalized spacial score (nSPS) is 14.6. The minimum absolute atomic E-state index is 0.233. The number of hydrogen-bond donors (Lipinski definition) is 1. The van der Waals surface area contributed by atoms with Crippen molar-refractivity contribution in [2.45, 2.75) is 58.3 Å². The van der Waals surface area contributed by atoms with Gasteiger partial charge in [0.05, 0.1) is 41.0 Å². The number of likely N-dealkylation sites (tertiary alicyclic amines) is 1. The van der Waals surface area contributed by atoms with E-state index in [0.29, 0.717) is 68.9 Å². The van der Waals surface area contributed by atoms with Crippen molar-refractivity contribution >= 4 is 46.9 Å². The number of halogens is 1. The minimum atomic E-state index is -0.637. The number of rotatable bonds is 10. The number of anilines is 1. The maximum atomic E-state index is 13.9. The van der Waals surface area contributed by atoms with Gasteiger partial charge in [-0.25, -0.2) is 19.4 Å². The quantitative estimate of drug-likeness (QED) is 0.135. The fourth-order valence-electron chi connectivity index (χ4n) is 6.74. The molecule has 4 heterocycles. The number of fused-ring (bicyclic) bond motifs is 1. The second-order valence-corrected chi connectivity index (χ2v) is 14.9. The summed E-state index contributed by atoms with van der Waals surface area (Å²) in [4.78, 5) is 50.4. The Hall–Kier alpha value is -6.21. The average molecular weight is 776 g/mol. The third-order valence-electron chi connectivity index (χ3n) is 9.42. The summed E-state index contributed by atoms with van der Waals surface area (Å²) in [6, 6.07) is 21.3. The molecule has 0 aliphatic carbocycles. The Bertz CT molecular complexity index is 2380. The molecule has 1 aliphatic rings. The van der Waals surface area contributed by atoms with Gasteiger partial charge in [-0.05, 0) is 93.6 Å². The standard InChI is InChI=1S/C42H42ClN7O6/c1-42(2,3)56-41(53)48-20-6-5-9-30(24-48)50-38-34(43)11-8-12-35(38)46-40(50)47-39(52)28-18-19-44-37(21-28)49-23-29(22-45-49)32-10-7-13-36(33(32)25-51)55-26-27-14-16-31(54-4)17-15-27/h7-8,10-19,21-23,25,30H,5-6,9,20,24,26H2,1-4H3,(H,46,47,52)/t30-/m1/s1. The molecule has 0 spiro atoms. The zero-order valence-corrected chi connectivity index (χ0v) is 32.3. The van der Waals surface area contributed by atoms with Gasteiger partial charge in [0.1, 0.15) is 23.7 Å². The zero-order chi connectivity index (χ0) is 39.4. The topological polar surface area (TPSA) is 143 Å². The van der Waals surface area contributed by atoms with Crippen molar-refractivity contribution in [3.05, 3.63) is 113 Å². The number of para-hydroxylation sites is 1. The third-order valence-corrected chi connectivity index (χ3v) is 9.73. The first-order chi connectivity index (χ1) is 27.0. The van der Waals surface area contributed by atoms with Crippen LogP contribution in [-0.2, 0) is 11.3 Å². The van der Waals surface area contributed by atoms with Crippen molar-refractivity contribution in [1.82, 2.24) is 29.2 Å². The number of amides is 2. The zero-order valence-electron chi connectivity index (χ0n) is 31.6. The number of nitrogens with zero attached hydrogens (tertiary/aromatic N) is 6. The van der Waals surface area contributed by atoms with Crippen LogP contribution in [0.4, 0.5) is 10.7 Å². The number of hydrogen-bond acceptors (Lipinski definition) is 9. The maximum absolute atomic E-state index is 13.9. The second kappa shape index (κ2) is 16.3. The van der Waals surface area contributed by atoms with Crippen molar-refractivity contribution in [2.24, 2.45) is 0 Å². The molecule has 0 bridgehead atoms. The summed E-state index contributed by atoms with van der Waals surface area (Å²) >= 11 is 6.76. The Labute approximate surface area is 329 Å². The van der Waals surface area contributed by atoms with Crippen LogP contribution >= 0.6 is 11.6 Å². The fraction of sp³-hybridized carbons (Fsp3) is 0.286. The van der Waals surface area contributed by atoms with Gasteiger partial charge < -0.3 is 23.7 Å². The molecular weight excluding hydrogens is 734 g/mol. The van der Waals surface area contributed by atoms with Crippen LogP contribution in [0.25, 0.3) is 28.0 Å². The molecule has 3 aromatic carbocycles. The first kappa shape index (κ1) is 38.1. The van der Waals surface area contributed by atoms with Crippen molar-refractivity contribution in [3.8, 4) is 28.4 Å². The molecule has 14 heteroatoms. The van der Waals surface area contributed by atoms with Gasteiger partial charge >= 0.3 is 6.09 Å². The van der Waals surface area contributed by atoms with Crippen LogP contribution < -0.4 is 14.8 Å². The van der Waals surface area contributed by atoms with Crippen LogP contribution in [0, 0.1) is 0 Å². The lowest BCUT2D eigenvalue weighted by Crippen LogP contribution is -2.39. The van der Waals surface area contributed by atoms with Crippen molar-refractivity contribution in [2.75, 3.05) is 25.5 Å². The van der Waals surface area contributed by atoms with Gasteiger partial charge in [0, 0.05) is 36.6 Å². The van der Waals surface area contributed by atoms with E-state index in [0.717, 1.165) is 36.9 Å². The van der Waals surface area contributed by atoms with Crippen LogP contribution in [0.3, 0.4) is 0 Å². The summed E-state index contributed by atoms with van der Waals surface area (Å²) in [5.74, 6) is 1.46. The number of aldehydes is 1. The van der Waals surface area contributed by atoms with E-state index in [1.165, 1.54) is 10.9 Å². The third kappa shape index (κ3) is 8.37. The number of pyridine rings is 1. The first-order valence-corrected chi connectivity index (χ1v) is 18.7. The molecule has 0 unspecified atom stereocenters. The highest BCUT2D eigenvalue weighted by Crippen LogP contribution is 2.35. The summed E-state index contributed by atoms with van der Waals surface area (Å²) in [6.07, 6.45) is 7.69. The van der Waals surface area contributed by atoms with Crippen LogP contribution in [0.5, 0.6) is 11.5 Å². The Kier molecular flexibility index (Phi) is 11.1. The molecule has 0 radical (unpaired) electrons. The predicted molar refractivity (Wildman–Crippen MR) is 213 cm³/mol. The number of methoxy groups -OCH3 is 1. The first-order valence-electron chi connectivity index (χ1n) is 18.3. The molecule has 1 fully saturated rings. The van der Waals surface area contributed by atoms with E-state index in [9.17, 15) is 14.4 Å². The van der Waals surface area contributed by atoms with Crippen molar-refractivity contribution in [3.63, 3.8) is 0 Å². The molecule has 13 nitrogen and oxygen atoms in total. The second-order valence-electron chi connectivity index (χ2n) is 14.5. The van der Waals surface area contributed by atoms with E-state index < -0.39 is 11.5 Å².